The minimum Gasteiger partial charge on any atom is -0.383 e. The summed E-state index contributed by atoms with van der Waals surface area (Å²) < 4.78 is 5.38. The summed E-state index contributed by atoms with van der Waals surface area (Å²) in [6, 6.07) is 7.69. The van der Waals surface area contributed by atoms with Crippen LogP contribution in [0.1, 0.15) is 35.9 Å². The van der Waals surface area contributed by atoms with Crippen LogP contribution in [0.5, 0.6) is 0 Å². The van der Waals surface area contributed by atoms with Gasteiger partial charge in [-0.1, -0.05) is 5.16 Å². The maximum atomic E-state index is 6.22. The van der Waals surface area contributed by atoms with Gasteiger partial charge in [0.25, 0.3) is 0 Å². The number of nitrogens with two attached hydrogens (primary N) is 1. The lowest BCUT2D eigenvalue weighted by Gasteiger charge is -2.09. The molecule has 1 aliphatic rings. The molecule has 0 amide bonds. The third-order valence-corrected chi connectivity index (χ3v) is 4.93. The molecule has 5 rings (SSSR count). The number of nitrogens with one attached hydrogen (secondary N) is 2. The number of nitrogens with zero attached hydrogens (tertiary/aromatic N) is 5. The van der Waals surface area contributed by atoms with Crippen molar-refractivity contribution in [2.24, 2.45) is 0 Å². The van der Waals surface area contributed by atoms with Crippen molar-refractivity contribution in [3.8, 4) is 22.5 Å². The SMILES string of the molecule is Cc1nc(NCc2cc(-c3cccnc3)no2)nc(N)c1-c1cc(C2CC2)[nH]n1. The molecule has 1 fully saturated rings. The van der Waals surface area contributed by atoms with Gasteiger partial charge in [0, 0.05) is 35.6 Å². The molecule has 9 nitrogen and oxygen atoms in total. The highest BCUT2D eigenvalue weighted by atomic mass is 16.5. The van der Waals surface area contributed by atoms with Crippen molar-refractivity contribution in [1.82, 2.24) is 30.3 Å². The van der Waals surface area contributed by atoms with E-state index >= 15 is 0 Å². The first-order valence-electron chi connectivity index (χ1n) is 9.47. The third-order valence-electron chi connectivity index (χ3n) is 4.93. The summed E-state index contributed by atoms with van der Waals surface area (Å²) in [6.07, 6.45) is 5.87. The van der Waals surface area contributed by atoms with E-state index in [1.54, 1.807) is 12.4 Å². The van der Waals surface area contributed by atoms with Crippen molar-refractivity contribution in [2.75, 3.05) is 11.1 Å². The second-order valence-electron chi connectivity index (χ2n) is 7.15. The molecule has 0 aromatic carbocycles. The van der Waals surface area contributed by atoms with Crippen LogP contribution in [0, 0.1) is 6.92 Å². The monoisotopic (exact) mass is 388 g/mol. The van der Waals surface area contributed by atoms with E-state index in [4.69, 9.17) is 10.3 Å². The number of hydrogen-bond donors (Lipinski definition) is 3. The van der Waals surface area contributed by atoms with Gasteiger partial charge in [0.2, 0.25) is 5.95 Å². The fourth-order valence-corrected chi connectivity index (χ4v) is 3.27. The maximum absolute atomic E-state index is 6.22. The third kappa shape index (κ3) is 3.54. The zero-order valence-electron chi connectivity index (χ0n) is 15.9. The van der Waals surface area contributed by atoms with E-state index in [0.717, 1.165) is 33.9 Å². The molecular formula is C20H20N8O. The molecule has 0 spiro atoms. The molecule has 0 unspecified atom stereocenters. The van der Waals surface area contributed by atoms with Gasteiger partial charge in [0.05, 0.1) is 23.5 Å². The number of aromatic amines is 1. The summed E-state index contributed by atoms with van der Waals surface area (Å²) in [5.74, 6) is 2.08. The van der Waals surface area contributed by atoms with Gasteiger partial charge in [0.1, 0.15) is 11.5 Å². The molecule has 4 aromatic heterocycles. The molecule has 0 atom stereocenters. The topological polar surface area (TPSA) is 131 Å². The Balaban J connectivity index is 1.31. The van der Waals surface area contributed by atoms with Gasteiger partial charge in [0.15, 0.2) is 5.76 Å². The highest BCUT2D eigenvalue weighted by molar-refractivity contribution is 5.74. The number of aryl methyl sites for hydroxylation is 1. The molecule has 4 N–H and O–H groups in total. The first-order valence-corrected chi connectivity index (χ1v) is 9.47. The largest absolute Gasteiger partial charge is 0.383 e. The Hall–Kier alpha value is -3.75. The lowest BCUT2D eigenvalue weighted by Crippen LogP contribution is -2.08. The van der Waals surface area contributed by atoms with E-state index in [9.17, 15) is 0 Å². The van der Waals surface area contributed by atoms with Crippen molar-refractivity contribution in [3.63, 3.8) is 0 Å². The maximum Gasteiger partial charge on any atom is 0.225 e. The summed E-state index contributed by atoms with van der Waals surface area (Å²) in [4.78, 5) is 13.0. The molecule has 4 heterocycles. The Morgan fingerprint density at radius 2 is 2.14 bits per heavy atom. The number of pyridine rings is 1. The molecule has 9 heteroatoms. The average molecular weight is 388 g/mol. The number of H-pyrrole nitrogens is 1. The number of nitrogen functional groups attached to an aromatic ring is 1. The van der Waals surface area contributed by atoms with E-state index in [-0.39, 0.29) is 0 Å². The van der Waals surface area contributed by atoms with Crippen molar-refractivity contribution >= 4 is 11.8 Å². The second kappa shape index (κ2) is 7.01. The van der Waals surface area contributed by atoms with E-state index in [0.29, 0.717) is 30.0 Å². The molecule has 1 aliphatic carbocycles. The lowest BCUT2D eigenvalue weighted by molar-refractivity contribution is 0.390. The fourth-order valence-electron chi connectivity index (χ4n) is 3.27. The van der Waals surface area contributed by atoms with Gasteiger partial charge >= 0.3 is 0 Å². The molecule has 0 radical (unpaired) electrons. The van der Waals surface area contributed by atoms with Crippen molar-refractivity contribution < 1.29 is 4.52 Å². The normalized spacial score (nSPS) is 13.6. The van der Waals surface area contributed by atoms with Crippen molar-refractivity contribution in [2.45, 2.75) is 32.2 Å². The lowest BCUT2D eigenvalue weighted by atomic mass is 10.1. The number of anilines is 2. The van der Waals surface area contributed by atoms with Gasteiger partial charge in [-0.3, -0.25) is 10.1 Å². The van der Waals surface area contributed by atoms with Crippen molar-refractivity contribution in [3.05, 3.63) is 53.8 Å². The highest BCUT2D eigenvalue weighted by Gasteiger charge is 2.26. The summed E-state index contributed by atoms with van der Waals surface area (Å²) in [5, 5.41) is 14.7. The first kappa shape index (κ1) is 17.4. The van der Waals surface area contributed by atoms with E-state index in [1.807, 2.05) is 31.2 Å². The summed E-state index contributed by atoms with van der Waals surface area (Å²) >= 11 is 0. The van der Waals surface area contributed by atoms with Crippen molar-refractivity contribution in [1.29, 1.82) is 0 Å². The minimum atomic E-state index is 0.389. The molecule has 29 heavy (non-hydrogen) atoms. The van der Waals surface area contributed by atoms with Crippen LogP contribution >= 0.6 is 0 Å². The van der Waals surface area contributed by atoms with Crippen LogP contribution in [0.3, 0.4) is 0 Å². The second-order valence-corrected chi connectivity index (χ2v) is 7.15. The first-order chi connectivity index (χ1) is 14.2. The zero-order valence-corrected chi connectivity index (χ0v) is 15.9. The van der Waals surface area contributed by atoms with Gasteiger partial charge in [-0.2, -0.15) is 10.1 Å². The molecular weight excluding hydrogens is 368 g/mol. The van der Waals surface area contributed by atoms with Crippen LogP contribution in [-0.4, -0.2) is 30.3 Å². The van der Waals surface area contributed by atoms with Crippen LogP contribution in [0.2, 0.25) is 0 Å². The smallest absolute Gasteiger partial charge is 0.225 e. The van der Waals surface area contributed by atoms with Crippen LogP contribution in [-0.2, 0) is 6.54 Å². The predicted octanol–water partition coefficient (Wildman–Crippen LogP) is 3.30. The number of aromatic nitrogens is 6. The van der Waals surface area contributed by atoms with Gasteiger partial charge in [-0.05, 0) is 38.0 Å². The Morgan fingerprint density at radius 3 is 2.90 bits per heavy atom. The molecule has 0 saturated heterocycles. The standard InChI is InChI=1S/C20H20N8O/c1-11-18(17-8-15(26-27-17)12-4-5-12)19(21)25-20(24-11)23-10-14-7-16(28-29-14)13-3-2-6-22-9-13/h2-3,6-9,12H,4-5,10H2,1H3,(H,26,27)(H3,21,23,24,25). The Morgan fingerprint density at radius 1 is 1.24 bits per heavy atom. The van der Waals surface area contributed by atoms with Crippen LogP contribution in [0.25, 0.3) is 22.5 Å². The minimum absolute atomic E-state index is 0.389. The molecule has 1 saturated carbocycles. The summed E-state index contributed by atoms with van der Waals surface area (Å²) in [7, 11) is 0. The van der Waals surface area contributed by atoms with Gasteiger partial charge in [-0.15, -0.1) is 0 Å². The van der Waals surface area contributed by atoms with Gasteiger partial charge in [-0.25, -0.2) is 4.98 Å². The highest BCUT2D eigenvalue weighted by Crippen LogP contribution is 2.40. The molecule has 0 bridgehead atoms. The van der Waals surface area contributed by atoms with Gasteiger partial charge < -0.3 is 15.6 Å². The van der Waals surface area contributed by atoms with E-state index < -0.39 is 0 Å². The Labute approximate surface area is 166 Å². The Kier molecular flexibility index (Phi) is 4.19. The Bertz CT molecular complexity index is 1120. The summed E-state index contributed by atoms with van der Waals surface area (Å²) in [5.41, 5.74) is 11.3. The number of hydrogen-bond acceptors (Lipinski definition) is 8. The van der Waals surface area contributed by atoms with Crippen LogP contribution in [0.15, 0.2) is 41.2 Å². The van der Waals surface area contributed by atoms with Crippen LogP contribution in [0.4, 0.5) is 11.8 Å². The summed E-state index contributed by atoms with van der Waals surface area (Å²) in [6.45, 7) is 2.29. The quantitative estimate of drug-likeness (QED) is 0.458. The van der Waals surface area contributed by atoms with Crippen LogP contribution < -0.4 is 11.1 Å². The van der Waals surface area contributed by atoms with E-state index in [1.165, 1.54) is 12.8 Å². The molecule has 0 aliphatic heterocycles. The average Bonchev–Trinajstić information content (AvgIpc) is 3.27. The predicted molar refractivity (Wildman–Crippen MR) is 108 cm³/mol. The zero-order chi connectivity index (χ0) is 19.8. The molecule has 4 aromatic rings. The molecule has 146 valence electrons. The fraction of sp³-hybridized carbons (Fsp3) is 0.250. The van der Waals surface area contributed by atoms with E-state index in [2.05, 4.69) is 35.6 Å². The number of rotatable bonds is 6.